The van der Waals surface area contributed by atoms with Gasteiger partial charge in [0.2, 0.25) is 0 Å². The zero-order valence-corrected chi connectivity index (χ0v) is 7.34. The summed E-state index contributed by atoms with van der Waals surface area (Å²) in [6.45, 7) is 1.73. The number of benzene rings is 1. The van der Waals surface area contributed by atoms with Crippen molar-refractivity contribution in [3.8, 4) is 5.75 Å². The van der Waals surface area contributed by atoms with Crippen LogP contribution in [0.4, 0.5) is 0 Å². The summed E-state index contributed by atoms with van der Waals surface area (Å²) in [5.41, 5.74) is 1.20. The highest BCUT2D eigenvalue weighted by molar-refractivity contribution is 6.31. The predicted octanol–water partition coefficient (Wildman–Crippen LogP) is 1.65. The highest BCUT2D eigenvalue weighted by Gasteiger charge is 2.04. The van der Waals surface area contributed by atoms with Gasteiger partial charge in [0, 0.05) is 16.1 Å². The Labute approximate surface area is 75.5 Å². The molecule has 0 fully saturated rings. The number of hydrazone groups is 1. The van der Waals surface area contributed by atoms with Crippen LogP contribution < -0.4 is 5.84 Å². The van der Waals surface area contributed by atoms with Crippen molar-refractivity contribution in [1.29, 1.82) is 0 Å². The lowest BCUT2D eigenvalue weighted by Gasteiger charge is -2.03. The molecule has 0 unspecified atom stereocenters. The summed E-state index contributed by atoms with van der Waals surface area (Å²) in [5.74, 6) is 5.06. The second-order valence-electron chi connectivity index (χ2n) is 2.39. The molecule has 0 atom stereocenters. The van der Waals surface area contributed by atoms with E-state index in [0.717, 1.165) is 0 Å². The van der Waals surface area contributed by atoms with Crippen LogP contribution in [0.15, 0.2) is 17.2 Å². The molecular formula is C8H9ClN2O. The van der Waals surface area contributed by atoms with Gasteiger partial charge in [0.15, 0.2) is 0 Å². The topological polar surface area (TPSA) is 58.6 Å². The largest absolute Gasteiger partial charge is 0.507 e. The van der Waals surface area contributed by atoms with E-state index in [1.807, 2.05) is 0 Å². The molecule has 0 saturated heterocycles. The van der Waals surface area contributed by atoms with Crippen LogP contribution in [-0.4, -0.2) is 11.3 Å². The molecule has 0 heterocycles. The van der Waals surface area contributed by atoms with Gasteiger partial charge in [-0.05, 0) is 19.1 Å². The lowest BCUT2D eigenvalue weighted by atomic mass is 10.1. The Hall–Kier alpha value is -1.22. The molecule has 0 aliphatic heterocycles. The minimum absolute atomic E-state index is 0.122. The fourth-order valence-electron chi connectivity index (χ4n) is 0.881. The van der Waals surface area contributed by atoms with Gasteiger partial charge in [-0.25, -0.2) is 0 Å². The van der Waals surface area contributed by atoms with E-state index in [1.54, 1.807) is 19.1 Å². The van der Waals surface area contributed by atoms with Crippen LogP contribution in [0.3, 0.4) is 0 Å². The molecule has 4 heteroatoms. The zero-order valence-electron chi connectivity index (χ0n) is 6.58. The molecule has 3 nitrogen and oxygen atoms in total. The minimum Gasteiger partial charge on any atom is -0.507 e. The van der Waals surface area contributed by atoms with Crippen LogP contribution in [0.1, 0.15) is 11.1 Å². The molecule has 1 aromatic carbocycles. The summed E-state index contributed by atoms with van der Waals surface area (Å²) in [4.78, 5) is 0. The maximum atomic E-state index is 9.48. The summed E-state index contributed by atoms with van der Waals surface area (Å²) in [6.07, 6.45) is 1.37. The van der Waals surface area contributed by atoms with Gasteiger partial charge in [-0.15, -0.1) is 0 Å². The van der Waals surface area contributed by atoms with Crippen LogP contribution in [0, 0.1) is 6.92 Å². The van der Waals surface area contributed by atoms with Gasteiger partial charge in [0.05, 0.1) is 6.21 Å². The van der Waals surface area contributed by atoms with Gasteiger partial charge < -0.3 is 10.9 Å². The number of aromatic hydroxyl groups is 1. The number of hydrogen-bond donors (Lipinski definition) is 2. The minimum atomic E-state index is 0.122. The van der Waals surface area contributed by atoms with Gasteiger partial charge in [0.25, 0.3) is 0 Å². The second kappa shape index (κ2) is 3.45. The number of nitrogens with zero attached hydrogens (tertiary/aromatic N) is 1. The molecular weight excluding hydrogens is 176 g/mol. The first-order valence-electron chi connectivity index (χ1n) is 3.38. The van der Waals surface area contributed by atoms with E-state index in [2.05, 4.69) is 5.10 Å². The van der Waals surface area contributed by atoms with E-state index >= 15 is 0 Å². The van der Waals surface area contributed by atoms with Crippen molar-refractivity contribution < 1.29 is 5.11 Å². The highest BCUT2D eigenvalue weighted by atomic mass is 35.5. The van der Waals surface area contributed by atoms with Crippen LogP contribution in [0.25, 0.3) is 0 Å². The summed E-state index contributed by atoms with van der Waals surface area (Å²) >= 11 is 5.75. The maximum Gasteiger partial charge on any atom is 0.128 e. The van der Waals surface area contributed by atoms with E-state index < -0.39 is 0 Å². The van der Waals surface area contributed by atoms with Gasteiger partial charge in [-0.1, -0.05) is 11.6 Å². The van der Waals surface area contributed by atoms with Crippen LogP contribution in [0.5, 0.6) is 5.75 Å². The Balaban J connectivity index is 3.26. The molecule has 0 aliphatic rings. The van der Waals surface area contributed by atoms with E-state index in [1.165, 1.54) is 6.21 Å². The monoisotopic (exact) mass is 184 g/mol. The van der Waals surface area contributed by atoms with Crippen LogP contribution in [-0.2, 0) is 0 Å². The average Bonchev–Trinajstić information content (AvgIpc) is 2.07. The molecule has 0 aromatic heterocycles. The normalized spacial score (nSPS) is 10.8. The van der Waals surface area contributed by atoms with Crippen molar-refractivity contribution >= 4 is 17.8 Å². The Morgan fingerprint density at radius 1 is 1.58 bits per heavy atom. The van der Waals surface area contributed by atoms with Crippen LogP contribution in [0.2, 0.25) is 5.02 Å². The summed E-state index contributed by atoms with van der Waals surface area (Å²) in [6, 6.07) is 3.34. The number of phenols is 1. The molecule has 0 radical (unpaired) electrons. The highest BCUT2D eigenvalue weighted by Crippen LogP contribution is 2.27. The molecule has 0 saturated carbocycles. The van der Waals surface area contributed by atoms with E-state index in [4.69, 9.17) is 17.4 Å². The third-order valence-electron chi connectivity index (χ3n) is 1.61. The van der Waals surface area contributed by atoms with Gasteiger partial charge in [0.1, 0.15) is 5.75 Å². The van der Waals surface area contributed by atoms with Crippen molar-refractivity contribution in [1.82, 2.24) is 0 Å². The third-order valence-corrected chi connectivity index (χ3v) is 2.02. The van der Waals surface area contributed by atoms with E-state index in [0.29, 0.717) is 16.1 Å². The Morgan fingerprint density at radius 3 is 2.83 bits per heavy atom. The average molecular weight is 185 g/mol. The molecule has 0 bridgehead atoms. The molecule has 0 amide bonds. The first-order valence-corrected chi connectivity index (χ1v) is 3.76. The number of nitrogens with two attached hydrogens (primary N) is 1. The smallest absolute Gasteiger partial charge is 0.128 e. The quantitative estimate of drug-likeness (QED) is 0.396. The fraction of sp³-hybridized carbons (Fsp3) is 0.125. The maximum absolute atomic E-state index is 9.48. The first kappa shape index (κ1) is 8.87. The number of phenolic OH excluding ortho intramolecular Hbond substituents is 1. The summed E-state index contributed by atoms with van der Waals surface area (Å²) in [5, 5.41) is 13.3. The number of rotatable bonds is 1. The first-order chi connectivity index (χ1) is 5.66. The molecule has 0 spiro atoms. The second-order valence-corrected chi connectivity index (χ2v) is 2.80. The Bertz CT molecular complexity index is 323. The summed E-state index contributed by atoms with van der Waals surface area (Å²) < 4.78 is 0. The Morgan fingerprint density at radius 2 is 2.25 bits per heavy atom. The molecule has 0 aliphatic carbocycles. The third kappa shape index (κ3) is 1.51. The van der Waals surface area contributed by atoms with Gasteiger partial charge in [-0.3, -0.25) is 0 Å². The lowest BCUT2D eigenvalue weighted by molar-refractivity contribution is 0.470. The molecule has 3 N–H and O–H groups in total. The summed E-state index contributed by atoms with van der Waals surface area (Å²) in [7, 11) is 0. The number of halogens is 1. The zero-order chi connectivity index (χ0) is 9.14. The van der Waals surface area contributed by atoms with Crippen molar-refractivity contribution in [2.45, 2.75) is 6.92 Å². The molecule has 1 aromatic rings. The Kier molecular flexibility index (Phi) is 2.55. The van der Waals surface area contributed by atoms with Crippen LogP contribution >= 0.6 is 11.6 Å². The molecule has 1 rings (SSSR count). The van der Waals surface area contributed by atoms with E-state index in [9.17, 15) is 5.11 Å². The van der Waals surface area contributed by atoms with Crippen molar-refractivity contribution in [2.24, 2.45) is 10.9 Å². The molecule has 64 valence electrons. The van der Waals surface area contributed by atoms with Gasteiger partial charge in [-0.2, -0.15) is 5.10 Å². The van der Waals surface area contributed by atoms with Gasteiger partial charge >= 0.3 is 0 Å². The fourth-order valence-corrected chi connectivity index (χ4v) is 1.03. The van der Waals surface area contributed by atoms with Crippen molar-refractivity contribution in [3.63, 3.8) is 0 Å². The van der Waals surface area contributed by atoms with E-state index in [-0.39, 0.29) is 5.75 Å². The SMILES string of the molecule is Cc1c(Cl)ccc(C=NN)c1O. The number of hydrogen-bond acceptors (Lipinski definition) is 3. The lowest BCUT2D eigenvalue weighted by Crippen LogP contribution is -1.89. The predicted molar refractivity (Wildman–Crippen MR) is 49.6 cm³/mol. The van der Waals surface area contributed by atoms with Crippen molar-refractivity contribution in [2.75, 3.05) is 0 Å². The standard InChI is InChI=1S/C8H9ClN2O/c1-5-7(9)3-2-6(4-11-10)8(5)12/h2-4,12H,10H2,1H3. The molecule has 12 heavy (non-hydrogen) atoms. The van der Waals surface area contributed by atoms with Crippen molar-refractivity contribution in [3.05, 3.63) is 28.3 Å².